The molecule has 4 nitrogen and oxygen atoms in total. The average Bonchev–Trinajstić information content (AvgIpc) is 2.39. The van der Waals surface area contributed by atoms with Gasteiger partial charge in [0.1, 0.15) is 0 Å². The van der Waals surface area contributed by atoms with Crippen LogP contribution < -0.4 is 5.73 Å². The van der Waals surface area contributed by atoms with Gasteiger partial charge in [0.15, 0.2) is 0 Å². The molecule has 1 heterocycles. The van der Waals surface area contributed by atoms with Gasteiger partial charge >= 0.3 is 0 Å². The standard InChI is InChI=1S/C13H24N2O2/c1-17-10-6-8-15(9-7-10)13(16)11-4-2-3-5-12(11)14/h10-12H,2-9,14H2,1H3. The molecule has 1 aliphatic heterocycles. The second kappa shape index (κ2) is 5.83. The molecule has 1 saturated carbocycles. The first-order chi connectivity index (χ1) is 8.22. The largest absolute Gasteiger partial charge is 0.381 e. The number of carbonyl (C=O) groups excluding carboxylic acids is 1. The van der Waals surface area contributed by atoms with E-state index in [9.17, 15) is 4.79 Å². The van der Waals surface area contributed by atoms with Crippen LogP contribution in [0.2, 0.25) is 0 Å². The van der Waals surface area contributed by atoms with Crippen LogP contribution in [0.15, 0.2) is 0 Å². The van der Waals surface area contributed by atoms with Gasteiger partial charge in [0.2, 0.25) is 5.91 Å². The highest BCUT2D eigenvalue weighted by molar-refractivity contribution is 5.79. The summed E-state index contributed by atoms with van der Waals surface area (Å²) < 4.78 is 5.32. The fourth-order valence-corrected chi connectivity index (χ4v) is 3.01. The third-order valence-electron chi connectivity index (χ3n) is 4.22. The summed E-state index contributed by atoms with van der Waals surface area (Å²) in [4.78, 5) is 14.4. The van der Waals surface area contributed by atoms with Gasteiger partial charge in [-0.3, -0.25) is 4.79 Å². The van der Waals surface area contributed by atoms with Crippen LogP contribution in [0.4, 0.5) is 0 Å². The summed E-state index contributed by atoms with van der Waals surface area (Å²) >= 11 is 0. The van der Waals surface area contributed by atoms with Crippen molar-refractivity contribution in [3.63, 3.8) is 0 Å². The zero-order valence-corrected chi connectivity index (χ0v) is 10.7. The molecule has 2 aliphatic rings. The smallest absolute Gasteiger partial charge is 0.227 e. The topological polar surface area (TPSA) is 55.6 Å². The summed E-state index contributed by atoms with van der Waals surface area (Å²) in [7, 11) is 1.75. The van der Waals surface area contributed by atoms with Crippen LogP contribution in [0.1, 0.15) is 38.5 Å². The predicted octanol–water partition coefficient (Wildman–Crippen LogP) is 1.14. The Hall–Kier alpha value is -0.610. The summed E-state index contributed by atoms with van der Waals surface area (Å²) in [5.41, 5.74) is 6.07. The number of carbonyl (C=O) groups is 1. The van der Waals surface area contributed by atoms with Gasteiger partial charge in [0.05, 0.1) is 12.0 Å². The van der Waals surface area contributed by atoms with Gasteiger partial charge in [0, 0.05) is 26.2 Å². The molecule has 0 aromatic rings. The average molecular weight is 240 g/mol. The molecule has 2 atom stereocenters. The summed E-state index contributed by atoms with van der Waals surface area (Å²) in [6.07, 6.45) is 6.57. The zero-order valence-electron chi connectivity index (χ0n) is 10.7. The highest BCUT2D eigenvalue weighted by Crippen LogP contribution is 2.26. The first-order valence-corrected chi connectivity index (χ1v) is 6.79. The Balaban J connectivity index is 1.87. The van der Waals surface area contributed by atoms with Crippen molar-refractivity contribution < 1.29 is 9.53 Å². The van der Waals surface area contributed by atoms with E-state index in [0.29, 0.717) is 6.10 Å². The van der Waals surface area contributed by atoms with Crippen LogP contribution >= 0.6 is 0 Å². The molecule has 0 spiro atoms. The van der Waals surface area contributed by atoms with E-state index in [-0.39, 0.29) is 17.9 Å². The van der Waals surface area contributed by atoms with Crippen LogP contribution in [0, 0.1) is 5.92 Å². The van der Waals surface area contributed by atoms with Gasteiger partial charge in [0.25, 0.3) is 0 Å². The first-order valence-electron chi connectivity index (χ1n) is 6.79. The highest BCUT2D eigenvalue weighted by atomic mass is 16.5. The van der Waals surface area contributed by atoms with Gasteiger partial charge in [-0.2, -0.15) is 0 Å². The third kappa shape index (κ3) is 2.99. The monoisotopic (exact) mass is 240 g/mol. The molecule has 0 bridgehead atoms. The summed E-state index contributed by atoms with van der Waals surface area (Å²) in [5.74, 6) is 0.356. The van der Waals surface area contributed by atoms with Crippen molar-refractivity contribution in [1.82, 2.24) is 4.90 Å². The van der Waals surface area contributed by atoms with Crippen molar-refractivity contribution in [2.24, 2.45) is 11.7 Å². The van der Waals surface area contributed by atoms with Crippen LogP contribution in [0.3, 0.4) is 0 Å². The van der Waals surface area contributed by atoms with Gasteiger partial charge < -0.3 is 15.4 Å². The third-order valence-corrected chi connectivity index (χ3v) is 4.22. The van der Waals surface area contributed by atoms with E-state index < -0.39 is 0 Å². The number of nitrogens with two attached hydrogens (primary N) is 1. The molecular weight excluding hydrogens is 216 g/mol. The Morgan fingerprint density at radius 3 is 2.41 bits per heavy atom. The quantitative estimate of drug-likeness (QED) is 0.787. The number of hydrogen-bond donors (Lipinski definition) is 1. The molecule has 2 N–H and O–H groups in total. The maximum Gasteiger partial charge on any atom is 0.227 e. The Kier molecular flexibility index (Phi) is 4.40. The number of methoxy groups -OCH3 is 1. The first kappa shape index (κ1) is 12.8. The van der Waals surface area contributed by atoms with Crippen LogP contribution in [-0.4, -0.2) is 43.2 Å². The summed E-state index contributed by atoms with van der Waals surface area (Å²) in [6.45, 7) is 1.67. The molecule has 98 valence electrons. The molecule has 4 heteroatoms. The number of amides is 1. The number of nitrogens with zero attached hydrogens (tertiary/aromatic N) is 1. The van der Waals surface area contributed by atoms with E-state index in [1.807, 2.05) is 4.90 Å². The molecule has 1 saturated heterocycles. The minimum absolute atomic E-state index is 0.0721. The second-order valence-corrected chi connectivity index (χ2v) is 5.32. The fraction of sp³-hybridized carbons (Fsp3) is 0.923. The predicted molar refractivity (Wildman–Crippen MR) is 66.5 cm³/mol. The van der Waals surface area contributed by atoms with Crippen molar-refractivity contribution in [3.8, 4) is 0 Å². The molecule has 17 heavy (non-hydrogen) atoms. The van der Waals surface area contributed by atoms with Gasteiger partial charge in [-0.1, -0.05) is 12.8 Å². The van der Waals surface area contributed by atoms with E-state index in [1.165, 1.54) is 6.42 Å². The van der Waals surface area contributed by atoms with Gasteiger partial charge in [-0.05, 0) is 25.7 Å². The number of piperidine rings is 1. The lowest BCUT2D eigenvalue weighted by Gasteiger charge is -2.36. The van der Waals surface area contributed by atoms with Crippen molar-refractivity contribution in [1.29, 1.82) is 0 Å². The molecule has 0 radical (unpaired) electrons. The van der Waals surface area contributed by atoms with Crippen LogP contribution in [0.5, 0.6) is 0 Å². The molecule has 2 rings (SSSR count). The zero-order chi connectivity index (χ0) is 12.3. The highest BCUT2D eigenvalue weighted by Gasteiger charge is 2.33. The summed E-state index contributed by atoms with van der Waals surface area (Å²) in [5, 5.41) is 0. The molecular formula is C13H24N2O2. The fourth-order valence-electron chi connectivity index (χ4n) is 3.01. The molecule has 1 aliphatic carbocycles. The SMILES string of the molecule is COC1CCN(C(=O)C2CCCCC2N)CC1. The maximum atomic E-state index is 12.4. The summed E-state index contributed by atoms with van der Waals surface area (Å²) in [6, 6.07) is 0.0800. The lowest BCUT2D eigenvalue weighted by molar-refractivity contribution is -0.139. The Morgan fingerprint density at radius 2 is 1.82 bits per heavy atom. The van der Waals surface area contributed by atoms with Crippen molar-refractivity contribution >= 4 is 5.91 Å². The number of hydrogen-bond acceptors (Lipinski definition) is 3. The normalized spacial score (nSPS) is 31.5. The molecule has 1 amide bonds. The van der Waals surface area contributed by atoms with E-state index in [2.05, 4.69) is 0 Å². The number of ether oxygens (including phenoxy) is 1. The minimum atomic E-state index is 0.0721. The van der Waals surface area contributed by atoms with E-state index in [4.69, 9.17) is 10.5 Å². The van der Waals surface area contributed by atoms with Crippen LogP contribution in [0.25, 0.3) is 0 Å². The van der Waals surface area contributed by atoms with Crippen molar-refractivity contribution in [3.05, 3.63) is 0 Å². The van der Waals surface area contributed by atoms with Crippen molar-refractivity contribution in [2.45, 2.75) is 50.7 Å². The molecule has 2 fully saturated rings. The minimum Gasteiger partial charge on any atom is -0.381 e. The lowest BCUT2D eigenvalue weighted by atomic mass is 9.84. The Bertz CT molecular complexity index is 262. The molecule has 2 unspecified atom stereocenters. The van der Waals surface area contributed by atoms with Gasteiger partial charge in [-0.25, -0.2) is 0 Å². The lowest BCUT2D eigenvalue weighted by Crippen LogP contribution is -2.49. The van der Waals surface area contributed by atoms with Gasteiger partial charge in [-0.15, -0.1) is 0 Å². The Labute approximate surface area is 103 Å². The molecule has 0 aromatic carbocycles. The number of likely N-dealkylation sites (tertiary alicyclic amines) is 1. The second-order valence-electron chi connectivity index (χ2n) is 5.32. The van der Waals surface area contributed by atoms with E-state index in [0.717, 1.165) is 45.2 Å². The van der Waals surface area contributed by atoms with Crippen LogP contribution in [-0.2, 0) is 9.53 Å². The maximum absolute atomic E-state index is 12.4. The molecule has 0 aromatic heterocycles. The van der Waals surface area contributed by atoms with E-state index in [1.54, 1.807) is 7.11 Å². The Morgan fingerprint density at radius 1 is 1.18 bits per heavy atom. The van der Waals surface area contributed by atoms with E-state index >= 15 is 0 Å². The number of rotatable bonds is 2. The van der Waals surface area contributed by atoms with Crippen molar-refractivity contribution in [2.75, 3.05) is 20.2 Å².